The van der Waals surface area contributed by atoms with Crippen LogP contribution in [-0.2, 0) is 9.53 Å². The minimum Gasteiger partial charge on any atom is -0.461 e. The molecule has 2 nitrogen and oxygen atoms in total. The normalized spacial score (nSPS) is 35.6. The van der Waals surface area contributed by atoms with E-state index in [9.17, 15) is 4.79 Å². The third-order valence-corrected chi connectivity index (χ3v) is 3.53. The van der Waals surface area contributed by atoms with Crippen LogP contribution in [0.25, 0.3) is 0 Å². The van der Waals surface area contributed by atoms with E-state index in [1.54, 1.807) is 6.92 Å². The van der Waals surface area contributed by atoms with E-state index < -0.39 is 18.7 Å². The molecule has 0 bridgehead atoms. The Kier molecular flexibility index (Phi) is 3.13. The standard InChI is InChI=1S/C16H22O2/c1-4-12(3)16(17)18-15-7-5-6-13-9-8-11(2)10-14(13)15/h5-6,8-12,14-15H,4,7H2,1-3H3/t11-,12?,14+,15-/m0/s1/i3D3. The maximum absolute atomic E-state index is 12.2. The molecule has 18 heavy (non-hydrogen) atoms. The molecule has 0 fully saturated rings. The minimum absolute atomic E-state index is 0.0630. The second kappa shape index (κ2) is 5.73. The van der Waals surface area contributed by atoms with E-state index in [0.29, 0.717) is 12.3 Å². The van der Waals surface area contributed by atoms with E-state index in [1.165, 1.54) is 0 Å². The molecule has 2 radical (unpaired) electrons. The van der Waals surface area contributed by atoms with E-state index in [4.69, 9.17) is 8.85 Å². The Labute approximate surface area is 114 Å². The smallest absolute Gasteiger partial charge is 0.308 e. The Morgan fingerprint density at radius 2 is 2.50 bits per heavy atom. The lowest BCUT2D eigenvalue weighted by atomic mass is 9.76. The second-order valence-electron chi connectivity index (χ2n) is 5.01. The van der Waals surface area contributed by atoms with Crippen molar-refractivity contribution in [3.8, 4) is 0 Å². The summed E-state index contributed by atoms with van der Waals surface area (Å²) < 4.78 is 27.9. The average Bonchev–Trinajstić information content (AvgIpc) is 2.38. The molecule has 0 heterocycles. The zero-order valence-electron chi connectivity index (χ0n) is 13.9. The summed E-state index contributed by atoms with van der Waals surface area (Å²) in [4.78, 5) is 12.2. The topological polar surface area (TPSA) is 26.3 Å². The monoisotopic (exact) mass is 249 g/mol. The number of esters is 1. The van der Waals surface area contributed by atoms with Gasteiger partial charge in [-0.05, 0) is 37.2 Å². The van der Waals surface area contributed by atoms with Crippen molar-refractivity contribution < 1.29 is 13.6 Å². The van der Waals surface area contributed by atoms with Crippen molar-refractivity contribution in [2.24, 2.45) is 17.8 Å². The van der Waals surface area contributed by atoms with Gasteiger partial charge in [0.05, 0.1) is 5.92 Å². The summed E-state index contributed by atoms with van der Waals surface area (Å²) >= 11 is 0. The Balaban J connectivity index is 2.07. The van der Waals surface area contributed by atoms with Crippen molar-refractivity contribution in [1.82, 2.24) is 0 Å². The third-order valence-electron chi connectivity index (χ3n) is 3.53. The summed E-state index contributed by atoms with van der Waals surface area (Å²) in [5.41, 5.74) is 1.12. The van der Waals surface area contributed by atoms with Crippen LogP contribution in [0.3, 0.4) is 0 Å². The fourth-order valence-corrected chi connectivity index (χ4v) is 2.39. The molecule has 2 aliphatic carbocycles. The molecule has 0 amide bonds. The molecule has 0 N–H and O–H groups in total. The number of carbonyl (C=O) groups excluding carboxylic acids is 1. The molecule has 98 valence electrons. The predicted octanol–water partition coefficient (Wildman–Crippen LogP) is 3.51. The first kappa shape index (κ1) is 9.82. The summed E-state index contributed by atoms with van der Waals surface area (Å²) in [5, 5.41) is 0. The molecule has 1 unspecified atom stereocenters. The van der Waals surface area contributed by atoms with Gasteiger partial charge < -0.3 is 4.74 Å². The molecule has 0 saturated carbocycles. The Hall–Kier alpha value is -1.05. The number of hydrogen-bond donors (Lipinski definition) is 0. The van der Waals surface area contributed by atoms with Gasteiger partial charge in [-0.1, -0.05) is 38.9 Å². The van der Waals surface area contributed by atoms with Gasteiger partial charge in [-0.15, -0.1) is 0 Å². The van der Waals surface area contributed by atoms with E-state index in [2.05, 4.69) is 31.6 Å². The molecule has 4 atom stereocenters. The highest BCUT2D eigenvalue weighted by molar-refractivity contribution is 5.72. The number of ether oxygens (including phenoxy) is 1. The van der Waals surface area contributed by atoms with Gasteiger partial charge in [-0.2, -0.15) is 0 Å². The number of rotatable bonds is 3. The molecule has 0 aliphatic heterocycles. The Morgan fingerprint density at radius 3 is 3.22 bits per heavy atom. The van der Waals surface area contributed by atoms with Crippen LogP contribution in [0.4, 0.5) is 0 Å². The molecule has 0 saturated heterocycles. The van der Waals surface area contributed by atoms with E-state index in [1.807, 2.05) is 6.42 Å². The summed E-state index contributed by atoms with van der Waals surface area (Å²) in [5.74, 6) is -1.25. The van der Waals surface area contributed by atoms with Gasteiger partial charge in [-0.3, -0.25) is 4.79 Å². The molecular formula is C16H22O2. The van der Waals surface area contributed by atoms with Crippen LogP contribution in [0, 0.1) is 30.6 Å². The van der Waals surface area contributed by atoms with Crippen LogP contribution in [0.15, 0.2) is 23.8 Å². The van der Waals surface area contributed by atoms with Crippen molar-refractivity contribution in [3.63, 3.8) is 0 Å². The quantitative estimate of drug-likeness (QED) is 0.715. The van der Waals surface area contributed by atoms with Gasteiger partial charge in [0.2, 0.25) is 0 Å². The van der Waals surface area contributed by atoms with Crippen LogP contribution in [0.1, 0.15) is 37.7 Å². The lowest BCUT2D eigenvalue weighted by Gasteiger charge is -2.35. The average molecular weight is 249 g/mol. The predicted molar refractivity (Wildman–Crippen MR) is 72.4 cm³/mol. The zero-order valence-corrected chi connectivity index (χ0v) is 10.9. The summed E-state index contributed by atoms with van der Waals surface area (Å²) in [7, 11) is 0. The van der Waals surface area contributed by atoms with Crippen molar-refractivity contribution in [2.75, 3.05) is 0 Å². The highest BCUT2D eigenvalue weighted by Crippen LogP contribution is 2.36. The summed E-state index contributed by atoms with van der Waals surface area (Å²) in [6.45, 7) is 1.49. The van der Waals surface area contributed by atoms with Gasteiger partial charge in [0.1, 0.15) is 6.10 Å². The fourth-order valence-electron chi connectivity index (χ4n) is 2.39. The van der Waals surface area contributed by atoms with Crippen LogP contribution in [0.2, 0.25) is 0 Å². The van der Waals surface area contributed by atoms with Crippen molar-refractivity contribution in [1.29, 1.82) is 0 Å². The van der Waals surface area contributed by atoms with Crippen molar-refractivity contribution >= 4 is 5.97 Å². The fraction of sp³-hybridized carbons (Fsp3) is 0.562. The summed E-state index contributed by atoms with van der Waals surface area (Å²) in [6, 6.07) is 0. The molecule has 2 heteroatoms. The molecule has 2 aliphatic rings. The minimum atomic E-state index is -2.30. The lowest BCUT2D eigenvalue weighted by Crippen LogP contribution is -2.34. The maximum Gasteiger partial charge on any atom is 0.308 e. The van der Waals surface area contributed by atoms with Crippen LogP contribution in [-0.4, -0.2) is 12.1 Å². The molecule has 0 aromatic rings. The largest absolute Gasteiger partial charge is 0.461 e. The van der Waals surface area contributed by atoms with Gasteiger partial charge >= 0.3 is 5.97 Å². The molecule has 0 aromatic carbocycles. The molecule has 2 rings (SSSR count). The lowest BCUT2D eigenvalue weighted by molar-refractivity contribution is -0.155. The SMILES string of the molecule is [2H]C([2H])([2H])C(CC)C(=O)O[C@H]1C[CH]C=C2C=C[C@H](C)[CH][C@H]21. The number of hydrogen-bond acceptors (Lipinski definition) is 2. The van der Waals surface area contributed by atoms with Crippen LogP contribution < -0.4 is 0 Å². The first-order valence-corrected chi connectivity index (χ1v) is 6.60. The maximum atomic E-state index is 12.2. The Morgan fingerprint density at radius 1 is 1.67 bits per heavy atom. The highest BCUT2D eigenvalue weighted by atomic mass is 16.5. The molecule has 0 spiro atoms. The van der Waals surface area contributed by atoms with Crippen molar-refractivity contribution in [3.05, 3.63) is 36.6 Å². The third kappa shape index (κ3) is 2.85. The summed E-state index contributed by atoms with van der Waals surface area (Å²) in [6.07, 6.45) is 11.0. The van der Waals surface area contributed by atoms with Crippen molar-refractivity contribution in [2.45, 2.75) is 39.6 Å². The van der Waals surface area contributed by atoms with E-state index in [0.717, 1.165) is 5.57 Å². The number of fused-ring (bicyclic) bond motifs is 1. The highest BCUT2D eigenvalue weighted by Gasteiger charge is 2.33. The first-order valence-electron chi connectivity index (χ1n) is 8.10. The Bertz CT molecular complexity index is 451. The first-order chi connectivity index (χ1) is 9.82. The van der Waals surface area contributed by atoms with Crippen LogP contribution in [0.5, 0.6) is 0 Å². The molecule has 0 aromatic heterocycles. The zero-order chi connectivity index (χ0) is 15.6. The second-order valence-corrected chi connectivity index (χ2v) is 5.01. The van der Waals surface area contributed by atoms with Crippen LogP contribution >= 0.6 is 0 Å². The van der Waals surface area contributed by atoms with E-state index in [-0.39, 0.29) is 18.4 Å². The number of allylic oxidation sites excluding steroid dienone is 3. The van der Waals surface area contributed by atoms with Gasteiger partial charge in [0.15, 0.2) is 0 Å². The van der Waals surface area contributed by atoms with Gasteiger partial charge in [-0.25, -0.2) is 0 Å². The van der Waals surface area contributed by atoms with Gasteiger partial charge in [0.25, 0.3) is 0 Å². The van der Waals surface area contributed by atoms with E-state index >= 15 is 0 Å². The van der Waals surface area contributed by atoms with Gasteiger partial charge in [0, 0.05) is 10.0 Å². The number of carbonyl (C=O) groups is 1. The molecular weight excluding hydrogens is 224 g/mol.